The van der Waals surface area contributed by atoms with Gasteiger partial charge < -0.3 is 20.3 Å². The number of nitrogens with zero attached hydrogens (tertiary/aromatic N) is 1. The Hall–Kier alpha value is -3.02. The molecule has 0 aliphatic carbocycles. The molecule has 1 atom stereocenters. The lowest BCUT2D eigenvalue weighted by atomic mass is 10.1. The number of benzene rings is 2. The Balaban J connectivity index is 1.50. The van der Waals surface area contributed by atoms with Gasteiger partial charge in [-0.25, -0.2) is 4.79 Å². The number of likely N-dealkylation sites (N-methyl/N-ethyl adjacent to an activating group) is 1. The molecule has 1 heterocycles. The van der Waals surface area contributed by atoms with Crippen molar-refractivity contribution < 1.29 is 14.3 Å². The molecule has 0 unspecified atom stereocenters. The minimum absolute atomic E-state index is 0.122. The molecule has 0 saturated carbocycles. The summed E-state index contributed by atoms with van der Waals surface area (Å²) in [4.78, 5) is 26.1. The Labute approximate surface area is 165 Å². The Morgan fingerprint density at radius 3 is 2.75 bits per heavy atom. The van der Waals surface area contributed by atoms with E-state index in [4.69, 9.17) is 4.74 Å². The predicted molar refractivity (Wildman–Crippen MR) is 110 cm³/mol. The fraction of sp³-hybridized carbons (Fsp3) is 0.364. The molecule has 1 saturated heterocycles. The summed E-state index contributed by atoms with van der Waals surface area (Å²) in [7, 11) is 1.59. The number of urea groups is 1. The van der Waals surface area contributed by atoms with Crippen LogP contribution in [0.2, 0.25) is 0 Å². The summed E-state index contributed by atoms with van der Waals surface area (Å²) in [6.45, 7) is 1.19. The highest BCUT2D eigenvalue weighted by Gasteiger charge is 2.33. The first-order chi connectivity index (χ1) is 13.7. The van der Waals surface area contributed by atoms with Crippen LogP contribution < -0.4 is 15.4 Å². The number of carbonyl (C=O) groups excluding carboxylic acids is 2. The van der Waals surface area contributed by atoms with Gasteiger partial charge in [-0.3, -0.25) is 4.79 Å². The molecular weight excluding hydrogens is 354 g/mol. The van der Waals surface area contributed by atoms with Crippen LogP contribution in [-0.2, 0) is 11.2 Å². The number of nitrogens with one attached hydrogen (secondary N) is 2. The zero-order chi connectivity index (χ0) is 19.8. The number of carbonyl (C=O) groups is 2. The molecular formula is C22H27N3O3. The van der Waals surface area contributed by atoms with Crippen LogP contribution in [0.1, 0.15) is 24.8 Å². The standard InChI is InChI=1S/C22H27N3O3/c1-23-21(26)20-13-6-14-25(20)22(27)24-18-11-5-12-19(16-18)28-15-7-10-17-8-3-2-4-9-17/h2-5,8-9,11-12,16,20H,6-7,10,13-15H2,1H3,(H,23,26)(H,24,27)/t20-/m0/s1. The molecule has 3 amide bonds. The van der Waals surface area contributed by atoms with Crippen molar-refractivity contribution in [1.29, 1.82) is 0 Å². The third-order valence-electron chi connectivity index (χ3n) is 4.87. The van der Waals surface area contributed by atoms with E-state index in [9.17, 15) is 9.59 Å². The van der Waals surface area contributed by atoms with E-state index in [1.54, 1.807) is 11.9 Å². The molecule has 3 rings (SSSR count). The highest BCUT2D eigenvalue weighted by atomic mass is 16.5. The van der Waals surface area contributed by atoms with Crippen molar-refractivity contribution in [3.05, 3.63) is 60.2 Å². The van der Waals surface area contributed by atoms with Crippen LogP contribution >= 0.6 is 0 Å². The predicted octanol–water partition coefficient (Wildman–Crippen LogP) is 3.44. The fourth-order valence-corrected chi connectivity index (χ4v) is 3.42. The van der Waals surface area contributed by atoms with Gasteiger partial charge in [0.1, 0.15) is 11.8 Å². The van der Waals surface area contributed by atoms with Gasteiger partial charge in [-0.2, -0.15) is 0 Å². The monoisotopic (exact) mass is 381 g/mol. The molecule has 0 spiro atoms. The maximum Gasteiger partial charge on any atom is 0.322 e. The summed E-state index contributed by atoms with van der Waals surface area (Å²) in [5, 5.41) is 5.50. The van der Waals surface area contributed by atoms with E-state index in [0.717, 1.165) is 25.0 Å². The van der Waals surface area contributed by atoms with Crippen molar-refractivity contribution in [3.8, 4) is 5.75 Å². The van der Waals surface area contributed by atoms with E-state index >= 15 is 0 Å². The first kappa shape index (κ1) is 19.7. The van der Waals surface area contributed by atoms with Crippen LogP contribution in [0.25, 0.3) is 0 Å². The van der Waals surface area contributed by atoms with Crippen molar-refractivity contribution in [3.63, 3.8) is 0 Å². The highest BCUT2D eigenvalue weighted by molar-refractivity contribution is 5.94. The van der Waals surface area contributed by atoms with E-state index in [1.165, 1.54) is 5.56 Å². The lowest BCUT2D eigenvalue weighted by molar-refractivity contribution is -0.124. The summed E-state index contributed by atoms with van der Waals surface area (Å²) < 4.78 is 5.82. The first-order valence-electron chi connectivity index (χ1n) is 9.73. The number of aryl methyl sites for hydroxylation is 1. The summed E-state index contributed by atoms with van der Waals surface area (Å²) in [5.74, 6) is 0.596. The number of hydrogen-bond acceptors (Lipinski definition) is 3. The molecule has 0 radical (unpaired) electrons. The summed E-state index contributed by atoms with van der Waals surface area (Å²) >= 11 is 0. The van der Waals surface area contributed by atoms with Crippen molar-refractivity contribution in [1.82, 2.24) is 10.2 Å². The maximum atomic E-state index is 12.6. The molecule has 6 heteroatoms. The van der Waals surface area contributed by atoms with Gasteiger partial charge in [0.05, 0.1) is 6.61 Å². The molecule has 1 aliphatic heterocycles. The normalized spacial score (nSPS) is 15.9. The van der Waals surface area contributed by atoms with Gasteiger partial charge in [-0.15, -0.1) is 0 Å². The molecule has 2 N–H and O–H groups in total. The average molecular weight is 381 g/mol. The summed E-state index contributed by atoms with van der Waals surface area (Å²) in [6, 6.07) is 17.0. The van der Waals surface area contributed by atoms with E-state index in [1.807, 2.05) is 42.5 Å². The molecule has 148 valence electrons. The van der Waals surface area contributed by atoms with Crippen molar-refractivity contribution in [2.45, 2.75) is 31.7 Å². The zero-order valence-electron chi connectivity index (χ0n) is 16.2. The lowest BCUT2D eigenvalue weighted by Crippen LogP contribution is -2.46. The third-order valence-corrected chi connectivity index (χ3v) is 4.87. The van der Waals surface area contributed by atoms with Crippen molar-refractivity contribution in [2.24, 2.45) is 0 Å². The van der Waals surface area contributed by atoms with Crippen LogP contribution in [0, 0.1) is 0 Å². The van der Waals surface area contributed by atoms with Crippen molar-refractivity contribution >= 4 is 17.6 Å². The van der Waals surface area contributed by atoms with E-state index < -0.39 is 6.04 Å². The molecule has 1 aliphatic rings. The molecule has 0 aromatic heterocycles. The SMILES string of the molecule is CNC(=O)[C@@H]1CCCN1C(=O)Nc1cccc(OCCCc2ccccc2)c1. The fourth-order valence-electron chi connectivity index (χ4n) is 3.42. The van der Waals surface area contributed by atoms with Gasteiger partial charge in [-0.1, -0.05) is 36.4 Å². The number of anilines is 1. The summed E-state index contributed by atoms with van der Waals surface area (Å²) in [6.07, 6.45) is 3.41. The summed E-state index contributed by atoms with van der Waals surface area (Å²) in [5.41, 5.74) is 1.96. The molecule has 0 bridgehead atoms. The number of amides is 3. The van der Waals surface area contributed by atoms with E-state index in [2.05, 4.69) is 22.8 Å². The minimum Gasteiger partial charge on any atom is -0.494 e. The molecule has 6 nitrogen and oxygen atoms in total. The maximum absolute atomic E-state index is 12.6. The second-order valence-electron chi connectivity index (χ2n) is 6.86. The molecule has 2 aromatic rings. The number of hydrogen-bond donors (Lipinski definition) is 2. The van der Waals surface area contributed by atoms with Crippen LogP contribution in [0.4, 0.5) is 10.5 Å². The van der Waals surface area contributed by atoms with Gasteiger partial charge >= 0.3 is 6.03 Å². The van der Waals surface area contributed by atoms with Gasteiger partial charge in [0.25, 0.3) is 0 Å². The topological polar surface area (TPSA) is 70.7 Å². The second-order valence-corrected chi connectivity index (χ2v) is 6.86. The number of likely N-dealkylation sites (tertiary alicyclic amines) is 1. The zero-order valence-corrected chi connectivity index (χ0v) is 16.2. The lowest BCUT2D eigenvalue weighted by Gasteiger charge is -2.23. The Kier molecular flexibility index (Phi) is 6.89. The Bertz CT molecular complexity index is 795. The molecule has 1 fully saturated rings. The molecule has 28 heavy (non-hydrogen) atoms. The van der Waals surface area contributed by atoms with Crippen LogP contribution in [0.15, 0.2) is 54.6 Å². The Morgan fingerprint density at radius 2 is 1.96 bits per heavy atom. The quantitative estimate of drug-likeness (QED) is 0.722. The average Bonchev–Trinajstić information content (AvgIpc) is 3.22. The van der Waals surface area contributed by atoms with Gasteiger partial charge in [-0.05, 0) is 43.4 Å². The van der Waals surface area contributed by atoms with E-state index in [-0.39, 0.29) is 11.9 Å². The highest BCUT2D eigenvalue weighted by Crippen LogP contribution is 2.21. The van der Waals surface area contributed by atoms with Crippen LogP contribution in [-0.4, -0.2) is 43.1 Å². The van der Waals surface area contributed by atoms with Crippen LogP contribution in [0.3, 0.4) is 0 Å². The third kappa shape index (κ3) is 5.25. The Morgan fingerprint density at radius 1 is 1.14 bits per heavy atom. The minimum atomic E-state index is -0.401. The second kappa shape index (κ2) is 9.78. The van der Waals surface area contributed by atoms with Crippen LogP contribution in [0.5, 0.6) is 5.75 Å². The molecule has 2 aromatic carbocycles. The number of ether oxygens (including phenoxy) is 1. The first-order valence-corrected chi connectivity index (χ1v) is 9.73. The van der Waals surface area contributed by atoms with Gasteiger partial charge in [0.2, 0.25) is 5.91 Å². The van der Waals surface area contributed by atoms with Gasteiger partial charge in [0, 0.05) is 25.3 Å². The van der Waals surface area contributed by atoms with E-state index in [0.29, 0.717) is 25.3 Å². The van der Waals surface area contributed by atoms with Gasteiger partial charge in [0.15, 0.2) is 0 Å². The number of rotatable bonds is 7. The van der Waals surface area contributed by atoms with Crippen molar-refractivity contribution in [2.75, 3.05) is 25.5 Å². The largest absolute Gasteiger partial charge is 0.494 e. The smallest absolute Gasteiger partial charge is 0.322 e.